The van der Waals surface area contributed by atoms with Gasteiger partial charge in [0, 0.05) is 6.07 Å². The lowest BCUT2D eigenvalue weighted by atomic mass is 10.0. The number of hydrogen-bond donors (Lipinski definition) is 2. The van der Waals surface area contributed by atoms with Crippen molar-refractivity contribution in [1.29, 1.82) is 0 Å². The molecule has 0 fully saturated rings. The van der Waals surface area contributed by atoms with Gasteiger partial charge in [-0.25, -0.2) is 4.79 Å². The fourth-order valence-electron chi connectivity index (χ4n) is 3.20. The van der Waals surface area contributed by atoms with E-state index in [1.165, 1.54) is 17.7 Å². The van der Waals surface area contributed by atoms with Gasteiger partial charge in [0.05, 0.1) is 22.6 Å². The molecule has 1 unspecified atom stereocenters. The molecular formula is C23H22NO5S-. The summed E-state index contributed by atoms with van der Waals surface area (Å²) in [5.41, 5.74) is 3.27. The standard InChI is InChI=1S/C23H23NO5S/c1-2-3-5-16-8-10-17(11-9-16)18-6-4-7-19(14-18)24(30(28)29)20-12-13-21(23(26)27)22(25)15-20/h4,6-15,25H,2-3,5H2,1H3,(H,26,27)(H,28,29)/p-1. The van der Waals surface area contributed by atoms with Gasteiger partial charge in [0.15, 0.2) is 0 Å². The van der Waals surface area contributed by atoms with Crippen molar-refractivity contribution in [1.82, 2.24) is 0 Å². The van der Waals surface area contributed by atoms with Gasteiger partial charge >= 0.3 is 5.97 Å². The van der Waals surface area contributed by atoms with Gasteiger partial charge in [0.25, 0.3) is 0 Å². The molecule has 0 aromatic heterocycles. The molecule has 6 nitrogen and oxygen atoms in total. The van der Waals surface area contributed by atoms with Crippen molar-refractivity contribution in [2.24, 2.45) is 0 Å². The second kappa shape index (κ2) is 9.56. The second-order valence-corrected chi connectivity index (χ2v) is 7.67. The fraction of sp³-hybridized carbons (Fsp3) is 0.174. The minimum atomic E-state index is -2.68. The zero-order chi connectivity index (χ0) is 21.7. The van der Waals surface area contributed by atoms with Crippen LogP contribution in [0.4, 0.5) is 11.4 Å². The molecule has 30 heavy (non-hydrogen) atoms. The van der Waals surface area contributed by atoms with E-state index in [1.54, 1.807) is 18.2 Å². The Labute approximate surface area is 177 Å². The number of anilines is 2. The summed E-state index contributed by atoms with van der Waals surface area (Å²) in [5, 5.41) is 19.0. The summed E-state index contributed by atoms with van der Waals surface area (Å²) >= 11 is -2.68. The Morgan fingerprint density at radius 1 is 1.00 bits per heavy atom. The molecule has 0 spiro atoms. The highest BCUT2D eigenvalue weighted by atomic mass is 32.2. The second-order valence-electron chi connectivity index (χ2n) is 6.87. The molecular weight excluding hydrogens is 402 g/mol. The number of rotatable bonds is 8. The highest BCUT2D eigenvalue weighted by Gasteiger charge is 2.16. The summed E-state index contributed by atoms with van der Waals surface area (Å²) in [6.45, 7) is 2.15. The van der Waals surface area contributed by atoms with Crippen molar-refractivity contribution in [3.05, 3.63) is 77.9 Å². The van der Waals surface area contributed by atoms with E-state index >= 15 is 0 Å². The number of carboxylic acid groups (broad SMARTS) is 1. The van der Waals surface area contributed by atoms with Crippen LogP contribution in [0.1, 0.15) is 35.7 Å². The summed E-state index contributed by atoms with van der Waals surface area (Å²) in [7, 11) is 0. The maximum absolute atomic E-state index is 12.0. The third-order valence-corrected chi connectivity index (χ3v) is 5.50. The van der Waals surface area contributed by atoms with Crippen LogP contribution in [0.2, 0.25) is 0 Å². The Morgan fingerprint density at radius 3 is 2.30 bits per heavy atom. The van der Waals surface area contributed by atoms with E-state index in [4.69, 9.17) is 5.11 Å². The first-order valence-corrected chi connectivity index (χ1v) is 10.6. The lowest BCUT2D eigenvalue weighted by molar-refractivity contribution is 0.0694. The van der Waals surface area contributed by atoms with Gasteiger partial charge in [-0.1, -0.05) is 49.7 Å². The maximum atomic E-state index is 12.0. The summed E-state index contributed by atoms with van der Waals surface area (Å²) in [4.78, 5) is 11.1. The topological polar surface area (TPSA) is 101 Å². The molecule has 0 aliphatic rings. The van der Waals surface area contributed by atoms with E-state index in [9.17, 15) is 18.7 Å². The van der Waals surface area contributed by atoms with E-state index in [1.807, 2.05) is 18.2 Å². The number of carboxylic acids is 1. The smallest absolute Gasteiger partial charge is 0.339 e. The van der Waals surface area contributed by atoms with Crippen LogP contribution < -0.4 is 4.31 Å². The molecule has 3 rings (SSSR count). The van der Waals surface area contributed by atoms with Gasteiger partial charge in [0.1, 0.15) is 11.3 Å². The van der Waals surface area contributed by atoms with E-state index in [2.05, 4.69) is 19.1 Å². The Kier molecular flexibility index (Phi) is 6.87. The third-order valence-electron chi connectivity index (χ3n) is 4.78. The number of benzene rings is 3. The predicted octanol–water partition coefficient (Wildman–Crippen LogP) is 5.03. The molecule has 0 bridgehead atoms. The summed E-state index contributed by atoms with van der Waals surface area (Å²) < 4.78 is 24.9. The molecule has 0 aliphatic heterocycles. The van der Waals surface area contributed by atoms with Crippen LogP contribution in [0.15, 0.2) is 66.7 Å². The van der Waals surface area contributed by atoms with Crippen LogP contribution in [0.5, 0.6) is 5.75 Å². The lowest BCUT2D eigenvalue weighted by Gasteiger charge is -2.27. The van der Waals surface area contributed by atoms with Crippen LogP contribution in [0.25, 0.3) is 11.1 Å². The van der Waals surface area contributed by atoms with Crippen molar-refractivity contribution in [2.45, 2.75) is 26.2 Å². The predicted molar refractivity (Wildman–Crippen MR) is 117 cm³/mol. The van der Waals surface area contributed by atoms with Crippen molar-refractivity contribution in [3.63, 3.8) is 0 Å². The quantitative estimate of drug-likeness (QED) is 0.494. The minimum absolute atomic E-state index is 0.137. The van der Waals surface area contributed by atoms with Crippen molar-refractivity contribution in [2.75, 3.05) is 4.31 Å². The summed E-state index contributed by atoms with van der Waals surface area (Å²) in [6.07, 6.45) is 3.29. The highest BCUT2D eigenvalue weighted by molar-refractivity contribution is 7.81. The van der Waals surface area contributed by atoms with Gasteiger partial charge in [-0.15, -0.1) is 0 Å². The number of aromatic carboxylic acids is 1. The van der Waals surface area contributed by atoms with Crippen LogP contribution in [0, 0.1) is 0 Å². The van der Waals surface area contributed by atoms with E-state index < -0.39 is 23.0 Å². The lowest BCUT2D eigenvalue weighted by Crippen LogP contribution is -2.19. The molecule has 7 heteroatoms. The van der Waals surface area contributed by atoms with Gasteiger partial charge in [0.2, 0.25) is 0 Å². The molecule has 3 aromatic carbocycles. The molecule has 0 amide bonds. The van der Waals surface area contributed by atoms with Crippen molar-refractivity contribution in [3.8, 4) is 16.9 Å². The number of phenols is 1. The number of aryl methyl sites for hydroxylation is 1. The molecule has 0 aliphatic carbocycles. The average Bonchev–Trinajstić information content (AvgIpc) is 2.72. The van der Waals surface area contributed by atoms with Crippen molar-refractivity contribution >= 4 is 28.6 Å². The first-order chi connectivity index (χ1) is 14.4. The van der Waals surface area contributed by atoms with Gasteiger partial charge in [-0.05, 0) is 53.8 Å². The van der Waals surface area contributed by atoms with Gasteiger partial charge < -0.3 is 14.8 Å². The molecule has 0 heterocycles. The Balaban J connectivity index is 1.95. The zero-order valence-corrected chi connectivity index (χ0v) is 17.3. The van der Waals surface area contributed by atoms with Gasteiger partial charge in [-0.2, -0.15) is 0 Å². The van der Waals surface area contributed by atoms with Crippen LogP contribution in [0.3, 0.4) is 0 Å². The van der Waals surface area contributed by atoms with Crippen LogP contribution >= 0.6 is 0 Å². The first kappa shape index (κ1) is 21.5. The van der Waals surface area contributed by atoms with E-state index in [0.29, 0.717) is 5.69 Å². The molecule has 2 N–H and O–H groups in total. The normalized spacial score (nSPS) is 11.8. The van der Waals surface area contributed by atoms with E-state index in [-0.39, 0.29) is 11.3 Å². The SMILES string of the molecule is CCCCc1ccc(-c2cccc(N(c3ccc(C(=O)O)c(O)c3)S(=O)[O-])c2)cc1. The highest BCUT2D eigenvalue weighted by Crippen LogP contribution is 2.33. The van der Waals surface area contributed by atoms with Gasteiger partial charge in [-0.3, -0.25) is 8.51 Å². The van der Waals surface area contributed by atoms with Crippen LogP contribution in [-0.4, -0.2) is 24.9 Å². The average molecular weight is 424 g/mol. The molecule has 1 atom stereocenters. The first-order valence-electron chi connectivity index (χ1n) is 9.56. The van der Waals surface area contributed by atoms with Crippen LogP contribution in [-0.2, 0) is 17.7 Å². The largest absolute Gasteiger partial charge is 0.755 e. The number of carbonyl (C=O) groups is 1. The summed E-state index contributed by atoms with van der Waals surface area (Å²) in [6, 6.07) is 18.8. The van der Waals surface area contributed by atoms with E-state index in [0.717, 1.165) is 40.8 Å². The minimum Gasteiger partial charge on any atom is -0.755 e. The molecule has 0 saturated carbocycles. The number of hydrogen-bond acceptors (Lipinski definition) is 4. The Hall–Kier alpha value is -3.16. The fourth-order valence-corrected chi connectivity index (χ4v) is 3.78. The monoisotopic (exact) mass is 424 g/mol. The molecule has 156 valence electrons. The Bertz CT molecular complexity index is 1070. The zero-order valence-electron chi connectivity index (χ0n) is 16.4. The Morgan fingerprint density at radius 2 is 1.70 bits per heavy atom. The number of nitrogens with zero attached hydrogens (tertiary/aromatic N) is 1. The number of unbranched alkanes of at least 4 members (excludes halogenated alkanes) is 1. The molecule has 0 saturated heterocycles. The summed E-state index contributed by atoms with van der Waals surface area (Å²) in [5.74, 6) is -1.80. The molecule has 0 radical (unpaired) electrons. The van der Waals surface area contributed by atoms with Crippen molar-refractivity contribution < 1.29 is 23.8 Å². The number of aromatic hydroxyl groups is 1. The maximum Gasteiger partial charge on any atom is 0.339 e. The third kappa shape index (κ3) is 4.87. The molecule has 3 aromatic rings.